The summed E-state index contributed by atoms with van der Waals surface area (Å²) in [4.78, 5) is 11.7. The van der Waals surface area contributed by atoms with E-state index in [4.69, 9.17) is 27.9 Å². The Morgan fingerprint density at radius 1 is 1.50 bits per heavy atom. The van der Waals surface area contributed by atoms with Crippen molar-refractivity contribution in [3.05, 3.63) is 34.9 Å². The van der Waals surface area contributed by atoms with E-state index in [-0.39, 0.29) is 11.3 Å². The van der Waals surface area contributed by atoms with Gasteiger partial charge in [0, 0.05) is 13.7 Å². The van der Waals surface area contributed by atoms with Crippen molar-refractivity contribution in [2.24, 2.45) is 0 Å². The molecule has 1 amide bonds. The molecule has 16 heavy (non-hydrogen) atoms. The molecule has 5 heteroatoms. The number of rotatable bonds is 5. The second kappa shape index (κ2) is 6.74. The van der Waals surface area contributed by atoms with Crippen LogP contribution >= 0.6 is 23.2 Å². The van der Waals surface area contributed by atoms with Crippen LogP contribution in [0.4, 0.5) is 0 Å². The van der Waals surface area contributed by atoms with Crippen molar-refractivity contribution in [3.8, 4) is 0 Å². The average Bonchev–Trinajstić information content (AvgIpc) is 2.27. The van der Waals surface area contributed by atoms with E-state index < -0.39 is 0 Å². The molecule has 0 bridgehead atoms. The van der Waals surface area contributed by atoms with Crippen molar-refractivity contribution in [2.75, 3.05) is 20.3 Å². The maximum atomic E-state index is 11.7. The third kappa shape index (κ3) is 4.00. The first-order chi connectivity index (χ1) is 7.65. The van der Waals surface area contributed by atoms with Crippen LogP contribution in [0.25, 0.3) is 0 Å². The number of carbonyl (C=O) groups excluding carboxylic acids is 1. The maximum absolute atomic E-state index is 11.7. The normalized spacial score (nSPS) is 12.2. The topological polar surface area (TPSA) is 38.3 Å². The minimum atomic E-state index is -0.239. The number of amides is 1. The van der Waals surface area contributed by atoms with Crippen molar-refractivity contribution in [1.29, 1.82) is 0 Å². The van der Waals surface area contributed by atoms with Gasteiger partial charge in [0.05, 0.1) is 22.6 Å². The number of ether oxygens (including phenoxy) is 1. The van der Waals surface area contributed by atoms with Gasteiger partial charge in [-0.1, -0.05) is 23.7 Å². The van der Waals surface area contributed by atoms with Gasteiger partial charge in [-0.05, 0) is 12.1 Å². The van der Waals surface area contributed by atoms with Crippen LogP contribution in [-0.2, 0) is 4.74 Å². The fourth-order valence-electron chi connectivity index (χ4n) is 1.18. The summed E-state index contributed by atoms with van der Waals surface area (Å²) < 4.78 is 4.86. The zero-order valence-corrected chi connectivity index (χ0v) is 10.4. The summed E-state index contributed by atoms with van der Waals surface area (Å²) in [6.45, 7) is 0.740. The first-order valence-corrected chi connectivity index (χ1v) is 5.62. The molecule has 0 saturated carbocycles. The lowest BCUT2D eigenvalue weighted by atomic mass is 10.2. The molecule has 1 N–H and O–H groups in total. The van der Waals surface area contributed by atoms with Gasteiger partial charge in [-0.25, -0.2) is 0 Å². The van der Waals surface area contributed by atoms with Gasteiger partial charge in [-0.15, -0.1) is 11.6 Å². The molecule has 0 aliphatic heterocycles. The molecule has 0 heterocycles. The highest BCUT2D eigenvalue weighted by molar-refractivity contribution is 6.33. The van der Waals surface area contributed by atoms with Gasteiger partial charge < -0.3 is 10.1 Å². The fraction of sp³-hybridized carbons (Fsp3) is 0.364. The lowest BCUT2D eigenvalue weighted by molar-refractivity contribution is 0.0949. The summed E-state index contributed by atoms with van der Waals surface area (Å²) in [5.41, 5.74) is 0.449. The molecule has 0 aliphatic carbocycles. The summed E-state index contributed by atoms with van der Waals surface area (Å²) in [6, 6.07) is 6.86. The largest absolute Gasteiger partial charge is 0.383 e. The summed E-state index contributed by atoms with van der Waals surface area (Å²) in [5.74, 6) is -0.229. The van der Waals surface area contributed by atoms with Crippen LogP contribution in [0.2, 0.25) is 5.02 Å². The SMILES string of the molecule is COCC(Cl)CNC(=O)c1ccccc1Cl. The van der Waals surface area contributed by atoms with E-state index in [1.54, 1.807) is 31.4 Å². The van der Waals surface area contributed by atoms with Crippen molar-refractivity contribution in [3.63, 3.8) is 0 Å². The van der Waals surface area contributed by atoms with E-state index in [2.05, 4.69) is 5.32 Å². The van der Waals surface area contributed by atoms with Crippen LogP contribution in [-0.4, -0.2) is 31.5 Å². The number of hydrogen-bond acceptors (Lipinski definition) is 2. The van der Waals surface area contributed by atoms with Crippen LogP contribution in [0.3, 0.4) is 0 Å². The van der Waals surface area contributed by atoms with E-state index >= 15 is 0 Å². The standard InChI is InChI=1S/C11H13Cl2NO2/c1-16-7-8(12)6-14-11(15)9-4-2-3-5-10(9)13/h2-5,8H,6-7H2,1H3,(H,14,15). The first kappa shape index (κ1) is 13.3. The minimum Gasteiger partial charge on any atom is -0.383 e. The molecule has 0 aromatic heterocycles. The Kier molecular flexibility index (Phi) is 5.60. The predicted molar refractivity (Wildman–Crippen MR) is 65.3 cm³/mol. The molecule has 0 spiro atoms. The highest BCUT2D eigenvalue weighted by atomic mass is 35.5. The molecule has 0 aliphatic rings. The zero-order chi connectivity index (χ0) is 12.0. The summed E-state index contributed by atoms with van der Waals surface area (Å²) >= 11 is 11.8. The number of methoxy groups -OCH3 is 1. The van der Waals surface area contributed by atoms with Crippen molar-refractivity contribution in [1.82, 2.24) is 5.32 Å². The average molecular weight is 262 g/mol. The van der Waals surface area contributed by atoms with Gasteiger partial charge >= 0.3 is 0 Å². The Morgan fingerprint density at radius 3 is 2.81 bits per heavy atom. The number of hydrogen-bond donors (Lipinski definition) is 1. The van der Waals surface area contributed by atoms with Crippen molar-refractivity contribution < 1.29 is 9.53 Å². The molecule has 1 aromatic carbocycles. The van der Waals surface area contributed by atoms with Gasteiger partial charge in [-0.3, -0.25) is 4.79 Å². The Morgan fingerprint density at radius 2 is 2.19 bits per heavy atom. The summed E-state index contributed by atoms with van der Waals surface area (Å²) in [6.07, 6.45) is 0. The number of carbonyl (C=O) groups is 1. The second-order valence-corrected chi connectivity index (χ2v) is 4.27. The highest BCUT2D eigenvalue weighted by Crippen LogP contribution is 2.14. The minimum absolute atomic E-state index is 0.229. The van der Waals surface area contributed by atoms with Gasteiger partial charge in [0.15, 0.2) is 0 Å². The first-order valence-electron chi connectivity index (χ1n) is 4.81. The lowest BCUT2D eigenvalue weighted by Crippen LogP contribution is -2.31. The molecular weight excluding hydrogens is 249 g/mol. The summed E-state index contributed by atoms with van der Waals surface area (Å²) in [5, 5.41) is 2.88. The van der Waals surface area contributed by atoms with Crippen molar-refractivity contribution in [2.45, 2.75) is 5.38 Å². The molecule has 88 valence electrons. The lowest BCUT2D eigenvalue weighted by Gasteiger charge is -2.10. The van der Waals surface area contributed by atoms with E-state index in [1.165, 1.54) is 0 Å². The Balaban J connectivity index is 2.50. The third-order valence-electron chi connectivity index (χ3n) is 1.95. The monoisotopic (exact) mass is 261 g/mol. The van der Waals surface area contributed by atoms with Gasteiger partial charge in [0.25, 0.3) is 5.91 Å². The quantitative estimate of drug-likeness (QED) is 0.827. The van der Waals surface area contributed by atoms with Crippen LogP contribution < -0.4 is 5.32 Å². The van der Waals surface area contributed by atoms with Gasteiger partial charge in [0.2, 0.25) is 0 Å². The Labute approximate surface area is 105 Å². The van der Waals surface area contributed by atoms with E-state index in [0.717, 1.165) is 0 Å². The Hall–Kier alpha value is -0.770. The van der Waals surface area contributed by atoms with E-state index in [1.807, 2.05) is 0 Å². The molecule has 1 unspecified atom stereocenters. The van der Waals surface area contributed by atoms with Crippen LogP contribution in [0, 0.1) is 0 Å². The predicted octanol–water partition coefficient (Wildman–Crippen LogP) is 2.32. The molecule has 0 radical (unpaired) electrons. The Bertz CT molecular complexity index is 358. The number of nitrogens with one attached hydrogen (secondary N) is 1. The number of halogens is 2. The number of benzene rings is 1. The van der Waals surface area contributed by atoms with Crippen molar-refractivity contribution >= 4 is 29.1 Å². The third-order valence-corrected chi connectivity index (χ3v) is 2.56. The smallest absolute Gasteiger partial charge is 0.252 e. The molecule has 3 nitrogen and oxygen atoms in total. The molecule has 0 fully saturated rings. The van der Waals surface area contributed by atoms with Gasteiger partial charge in [0.1, 0.15) is 0 Å². The van der Waals surface area contributed by atoms with E-state index in [0.29, 0.717) is 23.7 Å². The van der Waals surface area contributed by atoms with Crippen LogP contribution in [0.15, 0.2) is 24.3 Å². The molecular formula is C11H13Cl2NO2. The maximum Gasteiger partial charge on any atom is 0.252 e. The zero-order valence-electron chi connectivity index (χ0n) is 8.87. The highest BCUT2D eigenvalue weighted by Gasteiger charge is 2.11. The molecule has 0 saturated heterocycles. The summed E-state index contributed by atoms with van der Waals surface area (Å²) in [7, 11) is 1.56. The van der Waals surface area contributed by atoms with Gasteiger partial charge in [-0.2, -0.15) is 0 Å². The number of alkyl halides is 1. The molecule has 1 rings (SSSR count). The van der Waals surface area contributed by atoms with E-state index in [9.17, 15) is 4.79 Å². The molecule has 1 aromatic rings. The molecule has 1 atom stereocenters. The second-order valence-electron chi connectivity index (χ2n) is 3.24. The van der Waals surface area contributed by atoms with Crippen LogP contribution in [0.5, 0.6) is 0 Å². The fourth-order valence-corrected chi connectivity index (χ4v) is 1.61. The van der Waals surface area contributed by atoms with Crippen LogP contribution in [0.1, 0.15) is 10.4 Å².